The first kappa shape index (κ1) is 12.2. The van der Waals surface area contributed by atoms with E-state index in [9.17, 15) is 8.78 Å². The van der Waals surface area contributed by atoms with E-state index in [1.54, 1.807) is 0 Å². The van der Waals surface area contributed by atoms with Crippen LogP contribution in [-0.4, -0.2) is 0 Å². The van der Waals surface area contributed by atoms with E-state index < -0.39 is 11.6 Å². The fraction of sp³-hybridized carbons (Fsp3) is 0.143. The van der Waals surface area contributed by atoms with Crippen LogP contribution in [0.2, 0.25) is 0 Å². The van der Waals surface area contributed by atoms with Crippen molar-refractivity contribution in [1.29, 1.82) is 0 Å². The van der Waals surface area contributed by atoms with Crippen LogP contribution in [0, 0.1) is 11.6 Å². The lowest BCUT2D eigenvalue weighted by Crippen LogP contribution is -1.95. The molecular weight excluding hydrogens is 286 g/mol. The predicted molar refractivity (Wildman–Crippen MR) is 67.9 cm³/mol. The zero-order valence-electron chi connectivity index (χ0n) is 9.09. The van der Waals surface area contributed by atoms with Gasteiger partial charge in [0.2, 0.25) is 0 Å². The Morgan fingerprint density at radius 3 is 2.24 bits per heavy atom. The van der Waals surface area contributed by atoms with Gasteiger partial charge in [-0.05, 0) is 42.2 Å². The molecule has 2 aromatic rings. The van der Waals surface area contributed by atoms with Crippen molar-refractivity contribution in [2.75, 3.05) is 0 Å². The van der Waals surface area contributed by atoms with Crippen LogP contribution < -0.4 is 0 Å². The molecule has 0 aliphatic rings. The molecule has 2 aromatic carbocycles. The summed E-state index contributed by atoms with van der Waals surface area (Å²) >= 11 is 3.36. The summed E-state index contributed by atoms with van der Waals surface area (Å²) < 4.78 is 27.1. The van der Waals surface area contributed by atoms with Crippen molar-refractivity contribution >= 4 is 15.9 Å². The molecular formula is C14H11BrF2. The molecule has 0 aliphatic heterocycles. The van der Waals surface area contributed by atoms with Crippen molar-refractivity contribution in [1.82, 2.24) is 0 Å². The molecule has 17 heavy (non-hydrogen) atoms. The van der Waals surface area contributed by atoms with Crippen molar-refractivity contribution in [2.24, 2.45) is 0 Å². The van der Waals surface area contributed by atoms with Gasteiger partial charge in [0.25, 0.3) is 0 Å². The first-order valence-electron chi connectivity index (χ1n) is 5.33. The fourth-order valence-corrected chi connectivity index (χ4v) is 1.92. The van der Waals surface area contributed by atoms with E-state index in [0.717, 1.165) is 22.5 Å². The van der Waals surface area contributed by atoms with E-state index in [0.29, 0.717) is 12.0 Å². The number of benzene rings is 2. The maximum absolute atomic E-state index is 13.4. The summed E-state index contributed by atoms with van der Waals surface area (Å²) in [6, 6.07) is 11.6. The zero-order valence-corrected chi connectivity index (χ0v) is 10.7. The smallest absolute Gasteiger partial charge is 0.129 e. The SMILES string of the molecule is Fc1ccc(CCc2ccc(Br)cc2)c(F)c1. The van der Waals surface area contributed by atoms with Crippen molar-refractivity contribution in [3.63, 3.8) is 0 Å². The van der Waals surface area contributed by atoms with Gasteiger partial charge in [-0.1, -0.05) is 34.1 Å². The van der Waals surface area contributed by atoms with Gasteiger partial charge in [-0.2, -0.15) is 0 Å². The molecule has 0 N–H and O–H groups in total. The fourth-order valence-electron chi connectivity index (χ4n) is 1.65. The van der Waals surface area contributed by atoms with Crippen molar-refractivity contribution in [2.45, 2.75) is 12.8 Å². The van der Waals surface area contributed by atoms with Crippen LogP contribution in [0.25, 0.3) is 0 Å². The molecule has 0 heterocycles. The highest BCUT2D eigenvalue weighted by Gasteiger charge is 2.04. The molecule has 0 bridgehead atoms. The topological polar surface area (TPSA) is 0 Å². The van der Waals surface area contributed by atoms with Gasteiger partial charge < -0.3 is 0 Å². The monoisotopic (exact) mass is 296 g/mol. The summed E-state index contributed by atoms with van der Waals surface area (Å²) in [5.74, 6) is -1.00. The second kappa shape index (κ2) is 5.41. The minimum atomic E-state index is -0.533. The third kappa shape index (κ3) is 3.37. The molecule has 0 aliphatic carbocycles. The average molecular weight is 297 g/mol. The van der Waals surface area contributed by atoms with E-state index in [2.05, 4.69) is 15.9 Å². The van der Waals surface area contributed by atoms with Crippen LogP contribution in [-0.2, 0) is 12.8 Å². The summed E-state index contributed by atoms with van der Waals surface area (Å²) in [5, 5.41) is 0. The Morgan fingerprint density at radius 1 is 0.882 bits per heavy atom. The second-order valence-corrected chi connectivity index (χ2v) is 4.78. The Labute approximate surface area is 107 Å². The second-order valence-electron chi connectivity index (χ2n) is 3.86. The number of halogens is 3. The van der Waals surface area contributed by atoms with Crippen LogP contribution in [0.1, 0.15) is 11.1 Å². The Hall–Kier alpha value is -1.22. The molecule has 0 saturated carbocycles. The Bertz CT molecular complexity index is 506. The quantitative estimate of drug-likeness (QED) is 0.782. The normalized spacial score (nSPS) is 10.5. The minimum absolute atomic E-state index is 0.470. The van der Waals surface area contributed by atoms with Gasteiger partial charge in [0.1, 0.15) is 11.6 Å². The Morgan fingerprint density at radius 2 is 1.59 bits per heavy atom. The first-order chi connectivity index (χ1) is 8.15. The van der Waals surface area contributed by atoms with Crippen LogP contribution in [0.5, 0.6) is 0 Å². The number of hydrogen-bond donors (Lipinski definition) is 0. The van der Waals surface area contributed by atoms with Gasteiger partial charge in [-0.3, -0.25) is 0 Å². The highest BCUT2D eigenvalue weighted by Crippen LogP contribution is 2.15. The van der Waals surface area contributed by atoms with E-state index in [-0.39, 0.29) is 0 Å². The van der Waals surface area contributed by atoms with Gasteiger partial charge >= 0.3 is 0 Å². The first-order valence-corrected chi connectivity index (χ1v) is 6.13. The highest BCUT2D eigenvalue weighted by molar-refractivity contribution is 9.10. The summed E-state index contributed by atoms with van der Waals surface area (Å²) in [6.07, 6.45) is 1.32. The van der Waals surface area contributed by atoms with E-state index >= 15 is 0 Å². The molecule has 0 aromatic heterocycles. The zero-order chi connectivity index (χ0) is 12.3. The van der Waals surface area contributed by atoms with Gasteiger partial charge in [0.15, 0.2) is 0 Å². The summed E-state index contributed by atoms with van der Waals surface area (Å²) in [6.45, 7) is 0. The molecule has 0 radical (unpaired) electrons. The number of rotatable bonds is 3. The number of aryl methyl sites for hydroxylation is 2. The Kier molecular flexibility index (Phi) is 3.89. The van der Waals surface area contributed by atoms with Crippen LogP contribution >= 0.6 is 15.9 Å². The molecule has 0 atom stereocenters. The molecule has 0 fully saturated rings. The lowest BCUT2D eigenvalue weighted by molar-refractivity contribution is 0.571. The molecule has 0 spiro atoms. The molecule has 2 rings (SSSR count). The highest BCUT2D eigenvalue weighted by atomic mass is 79.9. The van der Waals surface area contributed by atoms with Gasteiger partial charge in [0.05, 0.1) is 0 Å². The summed E-state index contributed by atoms with van der Waals surface area (Å²) in [5.41, 5.74) is 1.69. The third-order valence-electron chi connectivity index (χ3n) is 2.61. The summed E-state index contributed by atoms with van der Waals surface area (Å²) in [4.78, 5) is 0. The van der Waals surface area contributed by atoms with Crippen molar-refractivity contribution < 1.29 is 8.78 Å². The van der Waals surface area contributed by atoms with Crippen molar-refractivity contribution in [3.05, 3.63) is 69.7 Å². The van der Waals surface area contributed by atoms with Crippen LogP contribution in [0.4, 0.5) is 8.78 Å². The van der Waals surface area contributed by atoms with E-state index in [4.69, 9.17) is 0 Å². The maximum Gasteiger partial charge on any atom is 0.129 e. The Balaban J connectivity index is 2.04. The minimum Gasteiger partial charge on any atom is -0.207 e. The maximum atomic E-state index is 13.4. The van der Waals surface area contributed by atoms with Gasteiger partial charge in [-0.15, -0.1) is 0 Å². The van der Waals surface area contributed by atoms with E-state index in [1.165, 1.54) is 12.1 Å². The van der Waals surface area contributed by atoms with Crippen molar-refractivity contribution in [3.8, 4) is 0 Å². The molecule has 3 heteroatoms. The lowest BCUT2D eigenvalue weighted by atomic mass is 10.0. The van der Waals surface area contributed by atoms with Gasteiger partial charge in [-0.25, -0.2) is 8.78 Å². The van der Waals surface area contributed by atoms with E-state index in [1.807, 2.05) is 24.3 Å². The molecule has 0 amide bonds. The molecule has 0 saturated heterocycles. The number of hydrogen-bond acceptors (Lipinski definition) is 0. The predicted octanol–water partition coefficient (Wildman–Crippen LogP) is 4.51. The van der Waals surface area contributed by atoms with Crippen LogP contribution in [0.15, 0.2) is 46.9 Å². The third-order valence-corrected chi connectivity index (χ3v) is 3.14. The largest absolute Gasteiger partial charge is 0.207 e. The molecule has 0 unspecified atom stereocenters. The average Bonchev–Trinajstić information content (AvgIpc) is 2.30. The molecule has 0 nitrogen and oxygen atoms in total. The lowest BCUT2D eigenvalue weighted by Gasteiger charge is -2.04. The molecule has 88 valence electrons. The van der Waals surface area contributed by atoms with Gasteiger partial charge in [0, 0.05) is 10.5 Å². The standard InChI is InChI=1S/C14H11BrF2/c15-12-6-2-10(3-7-12)1-4-11-5-8-13(16)9-14(11)17/h2-3,5-9H,1,4H2. The van der Waals surface area contributed by atoms with Crippen LogP contribution in [0.3, 0.4) is 0 Å². The summed E-state index contributed by atoms with van der Waals surface area (Å²) in [7, 11) is 0.